The van der Waals surface area contributed by atoms with Crippen LogP contribution >= 0.6 is 0 Å². The zero-order valence-corrected chi connectivity index (χ0v) is 15.2. The predicted molar refractivity (Wildman–Crippen MR) is 97.2 cm³/mol. The van der Waals surface area contributed by atoms with Crippen molar-refractivity contribution in [1.29, 1.82) is 0 Å². The number of allylic oxidation sites excluding steroid dienone is 2. The number of unbranched alkanes of at least 4 members (excludes halogenated alkanes) is 1. The van der Waals surface area contributed by atoms with Gasteiger partial charge in [0, 0.05) is 18.1 Å². The molecule has 0 saturated carbocycles. The average Bonchev–Trinajstić information content (AvgIpc) is 2.56. The number of hydrogen-bond acceptors (Lipinski definition) is 4. The molecule has 0 bridgehead atoms. The van der Waals surface area contributed by atoms with Gasteiger partial charge in [0.05, 0.1) is 0 Å². The summed E-state index contributed by atoms with van der Waals surface area (Å²) in [4.78, 5) is 23.9. The first kappa shape index (κ1) is 21.9. The lowest BCUT2D eigenvalue weighted by Crippen LogP contribution is -2.40. The van der Waals surface area contributed by atoms with Crippen molar-refractivity contribution in [2.75, 3.05) is 0 Å². The van der Waals surface area contributed by atoms with Gasteiger partial charge in [0.25, 0.3) is 5.79 Å². The molecule has 0 fully saturated rings. The molecule has 0 amide bonds. The van der Waals surface area contributed by atoms with Gasteiger partial charge < -0.3 is 9.47 Å². The molecule has 4 nitrogen and oxygen atoms in total. The van der Waals surface area contributed by atoms with Crippen molar-refractivity contribution in [3.05, 3.63) is 49.6 Å². The van der Waals surface area contributed by atoms with E-state index >= 15 is 0 Å². The maximum Gasteiger partial charge on any atom is 0.336 e. The van der Waals surface area contributed by atoms with Crippen LogP contribution < -0.4 is 0 Å². The van der Waals surface area contributed by atoms with Crippen LogP contribution in [0.2, 0.25) is 0 Å². The summed E-state index contributed by atoms with van der Waals surface area (Å²) >= 11 is 0. The molecule has 0 aromatic rings. The van der Waals surface area contributed by atoms with Crippen LogP contribution in [0.4, 0.5) is 0 Å². The van der Waals surface area contributed by atoms with Gasteiger partial charge in [-0.2, -0.15) is 0 Å². The summed E-state index contributed by atoms with van der Waals surface area (Å²) < 4.78 is 11.0. The number of esters is 2. The minimum atomic E-state index is -1.48. The second-order valence-electron chi connectivity index (χ2n) is 5.82. The first-order valence-electron chi connectivity index (χ1n) is 8.38. The third kappa shape index (κ3) is 7.95. The van der Waals surface area contributed by atoms with Gasteiger partial charge in [-0.25, -0.2) is 9.59 Å². The largest absolute Gasteiger partial charge is 0.415 e. The van der Waals surface area contributed by atoms with Crippen LogP contribution in [0.25, 0.3) is 0 Å². The number of ether oxygens (including phenoxy) is 2. The Balaban J connectivity index is 5.66. The van der Waals surface area contributed by atoms with Gasteiger partial charge in [-0.1, -0.05) is 71.4 Å². The lowest BCUT2D eigenvalue weighted by atomic mass is 9.91. The van der Waals surface area contributed by atoms with E-state index in [1.807, 2.05) is 0 Å². The summed E-state index contributed by atoms with van der Waals surface area (Å²) in [5.74, 6) is -2.49. The van der Waals surface area contributed by atoms with Crippen molar-refractivity contribution in [2.45, 2.75) is 58.7 Å². The molecule has 0 aromatic carbocycles. The second-order valence-corrected chi connectivity index (χ2v) is 5.82. The normalized spacial score (nSPS) is 14.5. The summed E-state index contributed by atoms with van der Waals surface area (Å²) in [6, 6.07) is 0. The zero-order chi connectivity index (χ0) is 18.6. The van der Waals surface area contributed by atoms with E-state index in [9.17, 15) is 9.59 Å². The molecule has 2 unspecified atom stereocenters. The predicted octanol–water partition coefficient (Wildman–Crippen LogP) is 4.88. The number of rotatable bonds is 12. The number of carbonyl (C=O) groups excluding carboxylic acids is 2. The van der Waals surface area contributed by atoms with Gasteiger partial charge in [0.1, 0.15) is 0 Å². The summed E-state index contributed by atoms with van der Waals surface area (Å²) in [6.45, 7) is 16.4. The smallest absolute Gasteiger partial charge is 0.336 e. The van der Waals surface area contributed by atoms with Crippen LogP contribution in [0.15, 0.2) is 49.6 Å². The molecular formula is C20H30O4. The average molecular weight is 334 g/mol. The maximum absolute atomic E-state index is 12.1. The van der Waals surface area contributed by atoms with Gasteiger partial charge in [0.15, 0.2) is 0 Å². The second kappa shape index (κ2) is 11.4. The van der Waals surface area contributed by atoms with Crippen molar-refractivity contribution >= 4 is 11.9 Å². The Morgan fingerprint density at radius 2 is 1.88 bits per heavy atom. The highest BCUT2D eigenvalue weighted by Crippen LogP contribution is 2.31. The van der Waals surface area contributed by atoms with Crippen LogP contribution in [0.5, 0.6) is 0 Å². The molecule has 0 N–H and O–H groups in total. The standard InChI is InChI=1S/C20H30O4/c1-7-11-13-17(9-3)15-20(14-12-8-2,23-18(21)10-4)24-19(22)16(5)6/h8,10,12,14,17H,2,4-5,7,9,11,13,15H2,1,3,6H3/b14-12+. The number of carbonyl (C=O) groups is 2. The molecule has 0 radical (unpaired) electrons. The molecule has 0 aliphatic carbocycles. The van der Waals surface area contributed by atoms with Crippen molar-refractivity contribution in [2.24, 2.45) is 5.92 Å². The van der Waals surface area contributed by atoms with Crippen molar-refractivity contribution < 1.29 is 19.1 Å². The van der Waals surface area contributed by atoms with Gasteiger partial charge >= 0.3 is 11.9 Å². The van der Waals surface area contributed by atoms with Crippen LogP contribution in [-0.4, -0.2) is 17.7 Å². The van der Waals surface area contributed by atoms with E-state index in [-0.39, 0.29) is 11.5 Å². The fraction of sp³-hybridized carbons (Fsp3) is 0.500. The Labute approximate surface area is 145 Å². The molecule has 0 heterocycles. The van der Waals surface area contributed by atoms with E-state index in [2.05, 4.69) is 33.6 Å². The summed E-state index contributed by atoms with van der Waals surface area (Å²) in [5, 5.41) is 0. The van der Waals surface area contributed by atoms with E-state index in [1.54, 1.807) is 19.1 Å². The van der Waals surface area contributed by atoms with Crippen LogP contribution in [0.1, 0.15) is 52.9 Å². The molecule has 134 valence electrons. The molecule has 0 rings (SSSR count). The fourth-order valence-corrected chi connectivity index (χ4v) is 2.26. The Morgan fingerprint density at radius 1 is 1.21 bits per heavy atom. The lowest BCUT2D eigenvalue weighted by molar-refractivity contribution is -0.210. The maximum atomic E-state index is 12.1. The summed E-state index contributed by atoms with van der Waals surface area (Å²) in [6.07, 6.45) is 10.1. The zero-order valence-electron chi connectivity index (χ0n) is 15.2. The lowest BCUT2D eigenvalue weighted by Gasteiger charge is -2.33. The van der Waals surface area contributed by atoms with E-state index < -0.39 is 17.7 Å². The molecule has 2 atom stereocenters. The molecule has 0 saturated heterocycles. The van der Waals surface area contributed by atoms with Gasteiger partial charge in [-0.3, -0.25) is 0 Å². The summed E-state index contributed by atoms with van der Waals surface area (Å²) in [7, 11) is 0. The first-order valence-corrected chi connectivity index (χ1v) is 8.38. The molecule has 0 aliphatic rings. The molecule has 0 aromatic heterocycles. The van der Waals surface area contributed by atoms with Crippen molar-refractivity contribution in [1.82, 2.24) is 0 Å². The first-order chi connectivity index (χ1) is 11.3. The van der Waals surface area contributed by atoms with Crippen LogP contribution in [-0.2, 0) is 19.1 Å². The Kier molecular flexibility index (Phi) is 10.4. The third-order valence-corrected chi connectivity index (χ3v) is 3.66. The third-order valence-electron chi connectivity index (χ3n) is 3.66. The van der Waals surface area contributed by atoms with Crippen LogP contribution in [0.3, 0.4) is 0 Å². The number of hydrogen-bond donors (Lipinski definition) is 0. The SMILES string of the molecule is C=C/C=C/C(CC(CC)CCCC)(OC(=O)C=C)OC(=O)C(=C)C. The topological polar surface area (TPSA) is 52.6 Å². The molecule has 4 heteroatoms. The van der Waals surface area contributed by atoms with E-state index in [4.69, 9.17) is 9.47 Å². The Hall–Kier alpha value is -2.10. The highest BCUT2D eigenvalue weighted by Gasteiger charge is 2.38. The fourth-order valence-electron chi connectivity index (χ4n) is 2.26. The summed E-state index contributed by atoms with van der Waals surface area (Å²) in [5.41, 5.74) is 0.239. The highest BCUT2D eigenvalue weighted by molar-refractivity contribution is 5.88. The quantitative estimate of drug-likeness (QED) is 0.221. The Bertz CT molecular complexity index is 490. The van der Waals surface area contributed by atoms with E-state index in [1.165, 1.54) is 6.08 Å². The van der Waals surface area contributed by atoms with Gasteiger partial charge in [-0.15, -0.1) is 0 Å². The molecule has 24 heavy (non-hydrogen) atoms. The minimum absolute atomic E-state index is 0.239. The van der Waals surface area contributed by atoms with E-state index in [0.29, 0.717) is 6.42 Å². The highest BCUT2D eigenvalue weighted by atomic mass is 16.7. The van der Waals surface area contributed by atoms with Gasteiger partial charge in [-0.05, 0) is 18.9 Å². The van der Waals surface area contributed by atoms with Crippen molar-refractivity contribution in [3.63, 3.8) is 0 Å². The van der Waals surface area contributed by atoms with E-state index in [0.717, 1.165) is 31.8 Å². The monoisotopic (exact) mass is 334 g/mol. The molecular weight excluding hydrogens is 304 g/mol. The van der Waals surface area contributed by atoms with Crippen molar-refractivity contribution in [3.8, 4) is 0 Å². The van der Waals surface area contributed by atoms with Gasteiger partial charge in [0.2, 0.25) is 0 Å². The molecule has 0 aliphatic heterocycles. The van der Waals surface area contributed by atoms with Crippen LogP contribution in [0, 0.1) is 5.92 Å². The molecule has 0 spiro atoms. The Morgan fingerprint density at radius 3 is 2.33 bits per heavy atom. The minimum Gasteiger partial charge on any atom is -0.415 e.